The van der Waals surface area contributed by atoms with Crippen LogP contribution in [-0.4, -0.2) is 24.8 Å². The van der Waals surface area contributed by atoms with Gasteiger partial charge in [0.2, 0.25) is 0 Å². The number of amides is 1. The van der Waals surface area contributed by atoms with Crippen LogP contribution in [0.2, 0.25) is 0 Å². The second-order valence-corrected chi connectivity index (χ2v) is 5.53. The molecule has 1 aromatic heterocycles. The molecule has 3 aromatic rings. The maximum atomic E-state index is 12.3. The molecule has 2 aromatic carbocycles. The Morgan fingerprint density at radius 3 is 2.65 bits per heavy atom. The molecular weight excluding hydrogens is 332 g/mol. The van der Waals surface area contributed by atoms with Crippen molar-refractivity contribution in [1.29, 1.82) is 0 Å². The number of methoxy groups -OCH3 is 1. The molecule has 0 aliphatic carbocycles. The summed E-state index contributed by atoms with van der Waals surface area (Å²) in [5.41, 5.74) is 1.95. The second kappa shape index (κ2) is 8.20. The summed E-state index contributed by atoms with van der Waals surface area (Å²) in [6.07, 6.45) is 0. The van der Waals surface area contributed by atoms with E-state index in [9.17, 15) is 4.79 Å². The minimum Gasteiger partial charge on any atom is -0.497 e. The molecule has 1 heterocycles. The molecule has 6 nitrogen and oxygen atoms in total. The number of nitrogens with zero attached hydrogens (tertiary/aromatic N) is 1. The number of carbonyl (C=O) groups excluding carboxylic acids is 1. The van der Waals surface area contributed by atoms with E-state index < -0.39 is 0 Å². The van der Waals surface area contributed by atoms with Crippen LogP contribution in [0.3, 0.4) is 0 Å². The monoisotopic (exact) mass is 352 g/mol. The number of ether oxygens (including phenoxy) is 2. The van der Waals surface area contributed by atoms with E-state index >= 15 is 0 Å². The zero-order chi connectivity index (χ0) is 18.4. The van der Waals surface area contributed by atoms with Gasteiger partial charge in [0.15, 0.2) is 11.5 Å². The number of aromatic nitrogens is 1. The number of hydrogen-bond acceptors (Lipinski definition) is 5. The van der Waals surface area contributed by atoms with Gasteiger partial charge in [0.25, 0.3) is 5.91 Å². The fraction of sp³-hybridized carbons (Fsp3) is 0.200. The van der Waals surface area contributed by atoms with E-state index in [0.29, 0.717) is 18.9 Å². The normalized spacial score (nSPS) is 10.4. The summed E-state index contributed by atoms with van der Waals surface area (Å²) in [4.78, 5) is 12.3. The fourth-order valence-electron chi connectivity index (χ4n) is 2.49. The quantitative estimate of drug-likeness (QED) is 0.702. The molecular formula is C20H20N2O4. The highest BCUT2D eigenvalue weighted by molar-refractivity contribution is 5.93. The van der Waals surface area contributed by atoms with Crippen molar-refractivity contribution in [3.05, 3.63) is 65.9 Å². The van der Waals surface area contributed by atoms with E-state index in [0.717, 1.165) is 22.6 Å². The molecule has 3 rings (SSSR count). The van der Waals surface area contributed by atoms with Crippen molar-refractivity contribution >= 4 is 5.91 Å². The van der Waals surface area contributed by atoms with Crippen LogP contribution < -0.4 is 14.8 Å². The molecule has 0 atom stereocenters. The molecule has 1 amide bonds. The van der Waals surface area contributed by atoms with E-state index in [1.165, 1.54) is 0 Å². The van der Waals surface area contributed by atoms with Gasteiger partial charge in [-0.05, 0) is 37.3 Å². The molecule has 0 fully saturated rings. The van der Waals surface area contributed by atoms with Crippen LogP contribution in [0.25, 0.3) is 11.3 Å². The lowest BCUT2D eigenvalue weighted by molar-refractivity contribution is 0.0941. The van der Waals surface area contributed by atoms with Crippen molar-refractivity contribution in [2.75, 3.05) is 13.7 Å². The van der Waals surface area contributed by atoms with Crippen molar-refractivity contribution in [1.82, 2.24) is 10.5 Å². The molecule has 0 bridgehead atoms. The minimum absolute atomic E-state index is 0.227. The van der Waals surface area contributed by atoms with Crippen molar-refractivity contribution in [2.45, 2.75) is 13.5 Å². The van der Waals surface area contributed by atoms with Gasteiger partial charge in [0.1, 0.15) is 11.5 Å². The van der Waals surface area contributed by atoms with E-state index in [-0.39, 0.29) is 11.6 Å². The van der Waals surface area contributed by atoms with E-state index in [2.05, 4.69) is 10.5 Å². The van der Waals surface area contributed by atoms with Gasteiger partial charge in [0.05, 0.1) is 13.7 Å². The summed E-state index contributed by atoms with van der Waals surface area (Å²) in [5, 5.41) is 6.69. The van der Waals surface area contributed by atoms with E-state index in [4.69, 9.17) is 14.0 Å². The fourth-order valence-corrected chi connectivity index (χ4v) is 2.49. The highest BCUT2D eigenvalue weighted by Gasteiger charge is 2.14. The second-order valence-electron chi connectivity index (χ2n) is 5.53. The van der Waals surface area contributed by atoms with Gasteiger partial charge in [-0.3, -0.25) is 4.79 Å². The van der Waals surface area contributed by atoms with Crippen LogP contribution in [0.5, 0.6) is 11.5 Å². The van der Waals surface area contributed by atoms with Gasteiger partial charge in [0, 0.05) is 23.7 Å². The first kappa shape index (κ1) is 17.5. The Labute approximate surface area is 151 Å². The first-order chi connectivity index (χ1) is 12.7. The molecule has 0 aliphatic rings. The lowest BCUT2D eigenvalue weighted by Crippen LogP contribution is -2.23. The number of carbonyl (C=O) groups is 1. The van der Waals surface area contributed by atoms with Crippen molar-refractivity contribution in [3.63, 3.8) is 0 Å². The van der Waals surface area contributed by atoms with E-state index in [1.807, 2.05) is 55.5 Å². The molecule has 0 aliphatic heterocycles. The van der Waals surface area contributed by atoms with Crippen LogP contribution in [0.15, 0.2) is 59.1 Å². The van der Waals surface area contributed by atoms with Crippen LogP contribution >= 0.6 is 0 Å². The maximum absolute atomic E-state index is 12.3. The topological polar surface area (TPSA) is 73.6 Å². The summed E-state index contributed by atoms with van der Waals surface area (Å²) in [6.45, 7) is 2.84. The largest absolute Gasteiger partial charge is 0.497 e. The highest BCUT2D eigenvalue weighted by Crippen LogP contribution is 2.23. The number of nitrogens with one attached hydrogen (secondary N) is 1. The van der Waals surface area contributed by atoms with Crippen molar-refractivity contribution in [2.24, 2.45) is 0 Å². The summed E-state index contributed by atoms with van der Waals surface area (Å²) in [7, 11) is 1.61. The van der Waals surface area contributed by atoms with Gasteiger partial charge < -0.3 is 19.3 Å². The first-order valence-electron chi connectivity index (χ1n) is 8.31. The molecule has 0 saturated heterocycles. The predicted molar refractivity (Wildman–Crippen MR) is 97.3 cm³/mol. The highest BCUT2D eigenvalue weighted by atomic mass is 16.5. The lowest BCUT2D eigenvalue weighted by Gasteiger charge is -2.10. The average molecular weight is 352 g/mol. The molecule has 1 N–H and O–H groups in total. The van der Waals surface area contributed by atoms with Crippen molar-refractivity contribution in [3.8, 4) is 22.8 Å². The molecule has 26 heavy (non-hydrogen) atoms. The summed E-state index contributed by atoms with van der Waals surface area (Å²) >= 11 is 0. The Bertz CT molecular complexity index is 872. The third kappa shape index (κ3) is 4.03. The standard InChI is InChI=1S/C20H20N2O4/c1-3-25-18-7-5-4-6-15(18)13-21-20(23)17-12-19(26-22-17)14-8-10-16(24-2)11-9-14/h4-12H,3,13H2,1-2H3,(H,21,23). The zero-order valence-electron chi connectivity index (χ0n) is 14.7. The maximum Gasteiger partial charge on any atom is 0.273 e. The Morgan fingerprint density at radius 1 is 1.15 bits per heavy atom. The molecule has 0 saturated carbocycles. The van der Waals surface area contributed by atoms with Crippen LogP contribution in [-0.2, 0) is 6.54 Å². The average Bonchev–Trinajstić information content (AvgIpc) is 3.18. The number of hydrogen-bond donors (Lipinski definition) is 1. The van der Waals surface area contributed by atoms with Crippen LogP contribution in [0.4, 0.5) is 0 Å². The van der Waals surface area contributed by atoms with Crippen LogP contribution in [0, 0.1) is 0 Å². The molecule has 0 spiro atoms. The van der Waals surface area contributed by atoms with Gasteiger partial charge in [-0.25, -0.2) is 0 Å². The summed E-state index contributed by atoms with van der Waals surface area (Å²) < 4.78 is 16.0. The summed E-state index contributed by atoms with van der Waals surface area (Å²) in [6, 6.07) is 16.5. The number of benzene rings is 2. The smallest absolute Gasteiger partial charge is 0.273 e. The Balaban J connectivity index is 1.66. The SMILES string of the molecule is CCOc1ccccc1CNC(=O)c1cc(-c2ccc(OC)cc2)on1. The predicted octanol–water partition coefficient (Wildman–Crippen LogP) is 3.68. The Morgan fingerprint density at radius 2 is 1.92 bits per heavy atom. The minimum atomic E-state index is -0.306. The van der Waals surface area contributed by atoms with Crippen molar-refractivity contribution < 1.29 is 18.8 Å². The zero-order valence-corrected chi connectivity index (χ0v) is 14.7. The molecule has 0 unspecified atom stereocenters. The Kier molecular flexibility index (Phi) is 5.53. The third-order valence-electron chi connectivity index (χ3n) is 3.83. The third-order valence-corrected chi connectivity index (χ3v) is 3.83. The molecule has 134 valence electrons. The van der Waals surface area contributed by atoms with Crippen LogP contribution in [0.1, 0.15) is 23.0 Å². The first-order valence-corrected chi connectivity index (χ1v) is 8.31. The number of rotatable bonds is 7. The summed E-state index contributed by atoms with van der Waals surface area (Å²) in [5.74, 6) is 1.72. The molecule has 6 heteroatoms. The van der Waals surface area contributed by atoms with Gasteiger partial charge in [-0.1, -0.05) is 23.4 Å². The van der Waals surface area contributed by atoms with Gasteiger partial charge in [-0.15, -0.1) is 0 Å². The lowest BCUT2D eigenvalue weighted by atomic mass is 10.1. The Hall–Kier alpha value is -3.28. The van der Waals surface area contributed by atoms with Gasteiger partial charge in [-0.2, -0.15) is 0 Å². The number of para-hydroxylation sites is 1. The molecule has 0 radical (unpaired) electrons. The van der Waals surface area contributed by atoms with E-state index in [1.54, 1.807) is 13.2 Å². The van der Waals surface area contributed by atoms with Gasteiger partial charge >= 0.3 is 0 Å².